The fraction of sp³-hybridized carbons (Fsp3) is 0.222. The molecule has 1 aromatic rings. The number of carbonyl (C=O) groups is 1. The van der Waals surface area contributed by atoms with Crippen LogP contribution in [0.3, 0.4) is 0 Å². The van der Waals surface area contributed by atoms with Crippen molar-refractivity contribution in [1.29, 1.82) is 0 Å². The van der Waals surface area contributed by atoms with Gasteiger partial charge in [0.05, 0.1) is 10.7 Å². The van der Waals surface area contributed by atoms with E-state index in [0.717, 1.165) is 6.07 Å². The van der Waals surface area contributed by atoms with E-state index < -0.39 is 6.61 Å². The molecule has 0 saturated heterocycles. The van der Waals surface area contributed by atoms with Crippen LogP contribution in [-0.2, 0) is 0 Å². The second-order valence-electron chi connectivity index (χ2n) is 2.80. The lowest BCUT2D eigenvalue weighted by Gasteiger charge is -2.10. The molecule has 0 aliphatic heterocycles. The van der Waals surface area contributed by atoms with E-state index in [4.69, 9.17) is 17.3 Å². The van der Waals surface area contributed by atoms with Crippen molar-refractivity contribution in [3.63, 3.8) is 0 Å². The van der Waals surface area contributed by atoms with Crippen LogP contribution < -0.4 is 10.5 Å². The number of benzene rings is 1. The minimum Gasteiger partial charge on any atom is -0.433 e. The number of alkyl halides is 2. The van der Waals surface area contributed by atoms with Crippen molar-refractivity contribution in [3.8, 4) is 5.75 Å². The number of nitrogen functional groups attached to an aromatic ring is 1. The molecule has 0 bridgehead atoms. The smallest absolute Gasteiger partial charge is 0.387 e. The van der Waals surface area contributed by atoms with Crippen molar-refractivity contribution >= 4 is 23.1 Å². The van der Waals surface area contributed by atoms with Gasteiger partial charge in [-0.3, -0.25) is 4.79 Å². The fourth-order valence-electron chi connectivity index (χ4n) is 0.989. The van der Waals surface area contributed by atoms with Crippen LogP contribution in [0, 0.1) is 0 Å². The number of nitrogens with two attached hydrogens (primary N) is 1. The minimum absolute atomic E-state index is 0.0124. The molecule has 82 valence electrons. The Kier molecular flexibility index (Phi) is 3.47. The van der Waals surface area contributed by atoms with Gasteiger partial charge in [0.2, 0.25) is 0 Å². The van der Waals surface area contributed by atoms with E-state index in [2.05, 4.69) is 4.74 Å². The number of ketones is 1. The second kappa shape index (κ2) is 4.44. The molecule has 1 aromatic carbocycles. The van der Waals surface area contributed by atoms with E-state index >= 15 is 0 Å². The number of halogens is 3. The standard InChI is InChI=1S/C9H8ClF2NO2/c1-4(14)5-2-6(10)8(13)7(3-5)15-9(11)12/h2-3,9H,13H2,1H3. The maximum Gasteiger partial charge on any atom is 0.387 e. The first-order chi connectivity index (χ1) is 6.91. The number of rotatable bonds is 3. The normalized spacial score (nSPS) is 10.5. The molecule has 3 nitrogen and oxygen atoms in total. The number of anilines is 1. The lowest BCUT2D eigenvalue weighted by molar-refractivity contribution is -0.0493. The van der Waals surface area contributed by atoms with E-state index in [-0.39, 0.29) is 27.8 Å². The fourth-order valence-corrected chi connectivity index (χ4v) is 1.20. The summed E-state index contributed by atoms with van der Waals surface area (Å²) >= 11 is 5.64. The predicted molar refractivity (Wildman–Crippen MR) is 52.5 cm³/mol. The summed E-state index contributed by atoms with van der Waals surface area (Å²) in [5, 5.41) is 0.0124. The molecule has 0 saturated carbocycles. The molecule has 0 unspecified atom stereocenters. The number of hydrogen-bond acceptors (Lipinski definition) is 3. The third-order valence-electron chi connectivity index (χ3n) is 1.71. The summed E-state index contributed by atoms with van der Waals surface area (Å²) in [6, 6.07) is 2.44. The van der Waals surface area contributed by atoms with Gasteiger partial charge in [-0.25, -0.2) is 0 Å². The molecule has 2 N–H and O–H groups in total. The van der Waals surface area contributed by atoms with Crippen molar-refractivity contribution in [2.45, 2.75) is 13.5 Å². The summed E-state index contributed by atoms with van der Waals surface area (Å²) in [6.45, 7) is -1.72. The predicted octanol–water partition coefficient (Wildman–Crippen LogP) is 2.73. The Morgan fingerprint density at radius 2 is 2.13 bits per heavy atom. The number of ether oxygens (including phenoxy) is 1. The van der Waals surface area contributed by atoms with Crippen LogP contribution in [0.25, 0.3) is 0 Å². The molecular formula is C9H8ClF2NO2. The van der Waals surface area contributed by atoms with Crippen molar-refractivity contribution in [3.05, 3.63) is 22.7 Å². The molecule has 0 radical (unpaired) electrons. The summed E-state index contributed by atoms with van der Waals surface area (Å²) < 4.78 is 28.0. The van der Waals surface area contributed by atoms with Gasteiger partial charge in [0, 0.05) is 5.56 Å². The van der Waals surface area contributed by atoms with Crippen LogP contribution in [-0.4, -0.2) is 12.4 Å². The largest absolute Gasteiger partial charge is 0.433 e. The Morgan fingerprint density at radius 3 is 2.60 bits per heavy atom. The molecule has 0 fully saturated rings. The van der Waals surface area contributed by atoms with E-state index in [9.17, 15) is 13.6 Å². The molecule has 0 amide bonds. The van der Waals surface area contributed by atoms with E-state index in [1.54, 1.807) is 0 Å². The molecule has 1 rings (SSSR count). The first kappa shape index (κ1) is 11.7. The summed E-state index contributed by atoms with van der Waals surface area (Å²) in [6.07, 6.45) is 0. The number of hydrogen-bond donors (Lipinski definition) is 1. The zero-order valence-electron chi connectivity index (χ0n) is 7.76. The Labute approximate surface area is 89.8 Å². The molecule has 0 heterocycles. The van der Waals surface area contributed by atoms with Gasteiger partial charge in [0.15, 0.2) is 11.5 Å². The van der Waals surface area contributed by atoms with Gasteiger partial charge in [-0.05, 0) is 19.1 Å². The number of carbonyl (C=O) groups excluding carboxylic acids is 1. The van der Waals surface area contributed by atoms with Crippen LogP contribution in [0.1, 0.15) is 17.3 Å². The Hall–Kier alpha value is -1.36. The Morgan fingerprint density at radius 1 is 1.53 bits per heavy atom. The van der Waals surface area contributed by atoms with Gasteiger partial charge in [0.25, 0.3) is 0 Å². The SMILES string of the molecule is CC(=O)c1cc(Cl)c(N)c(OC(F)F)c1. The molecule has 6 heteroatoms. The number of Topliss-reactive ketones (excluding diaryl/α,β-unsaturated/α-hetero) is 1. The molecule has 15 heavy (non-hydrogen) atoms. The molecule has 0 atom stereocenters. The summed E-state index contributed by atoms with van der Waals surface area (Å²) in [7, 11) is 0. The molecule has 0 aliphatic carbocycles. The molecule has 0 aromatic heterocycles. The van der Waals surface area contributed by atoms with Gasteiger partial charge in [-0.1, -0.05) is 11.6 Å². The third-order valence-corrected chi connectivity index (χ3v) is 2.03. The molecule has 0 aliphatic rings. The summed E-state index contributed by atoms with van der Waals surface area (Å²) in [4.78, 5) is 11.0. The Bertz CT molecular complexity index is 396. The van der Waals surface area contributed by atoms with Crippen molar-refractivity contribution in [2.75, 3.05) is 5.73 Å². The van der Waals surface area contributed by atoms with Gasteiger partial charge in [-0.15, -0.1) is 0 Å². The average Bonchev–Trinajstić information content (AvgIpc) is 2.11. The first-order valence-corrected chi connectivity index (χ1v) is 4.34. The molecule has 0 spiro atoms. The van der Waals surface area contributed by atoms with Crippen LogP contribution >= 0.6 is 11.6 Å². The lowest BCUT2D eigenvalue weighted by atomic mass is 10.1. The van der Waals surface area contributed by atoms with Crippen molar-refractivity contribution in [1.82, 2.24) is 0 Å². The minimum atomic E-state index is -3.01. The van der Waals surface area contributed by atoms with Gasteiger partial charge < -0.3 is 10.5 Å². The monoisotopic (exact) mass is 235 g/mol. The van der Waals surface area contributed by atoms with Crippen LogP contribution in [0.2, 0.25) is 5.02 Å². The van der Waals surface area contributed by atoms with Gasteiger partial charge in [-0.2, -0.15) is 8.78 Å². The topological polar surface area (TPSA) is 52.3 Å². The quantitative estimate of drug-likeness (QED) is 0.647. The van der Waals surface area contributed by atoms with E-state index in [1.165, 1.54) is 13.0 Å². The lowest BCUT2D eigenvalue weighted by Crippen LogP contribution is -2.06. The zero-order valence-corrected chi connectivity index (χ0v) is 8.52. The average molecular weight is 236 g/mol. The van der Waals surface area contributed by atoms with Gasteiger partial charge >= 0.3 is 6.61 Å². The van der Waals surface area contributed by atoms with Crippen LogP contribution in [0.4, 0.5) is 14.5 Å². The maximum atomic E-state index is 12.0. The second-order valence-corrected chi connectivity index (χ2v) is 3.21. The molecular weight excluding hydrogens is 228 g/mol. The van der Waals surface area contributed by atoms with E-state index in [1.807, 2.05) is 0 Å². The summed E-state index contributed by atoms with van der Waals surface area (Å²) in [5.74, 6) is -0.598. The first-order valence-electron chi connectivity index (χ1n) is 3.96. The zero-order chi connectivity index (χ0) is 11.6. The van der Waals surface area contributed by atoms with Crippen molar-refractivity contribution < 1.29 is 18.3 Å². The van der Waals surface area contributed by atoms with Gasteiger partial charge in [0.1, 0.15) is 0 Å². The summed E-state index contributed by atoms with van der Waals surface area (Å²) in [5.41, 5.74) is 5.46. The maximum absolute atomic E-state index is 12.0. The van der Waals surface area contributed by atoms with Crippen LogP contribution in [0.15, 0.2) is 12.1 Å². The van der Waals surface area contributed by atoms with E-state index in [0.29, 0.717) is 0 Å². The highest BCUT2D eigenvalue weighted by molar-refractivity contribution is 6.33. The highest BCUT2D eigenvalue weighted by atomic mass is 35.5. The van der Waals surface area contributed by atoms with Crippen LogP contribution in [0.5, 0.6) is 5.75 Å². The van der Waals surface area contributed by atoms with Crippen molar-refractivity contribution in [2.24, 2.45) is 0 Å². The highest BCUT2D eigenvalue weighted by Crippen LogP contribution is 2.32. The highest BCUT2D eigenvalue weighted by Gasteiger charge is 2.13. The Balaban J connectivity index is 3.19. The third kappa shape index (κ3) is 2.79.